The van der Waals surface area contributed by atoms with Crippen molar-refractivity contribution in [1.82, 2.24) is 4.90 Å². The minimum Gasteiger partial charge on any atom is -0.338 e. The molecule has 0 saturated heterocycles. The molecule has 0 aliphatic carbocycles. The lowest BCUT2D eigenvalue weighted by molar-refractivity contribution is -0.135. The molecule has 4 heteroatoms. The molecular weight excluding hydrogens is 384 g/mol. The Morgan fingerprint density at radius 1 is 0.839 bits per heavy atom. The first-order valence-corrected chi connectivity index (χ1v) is 10.8. The van der Waals surface area contributed by atoms with Crippen molar-refractivity contribution >= 4 is 17.5 Å². The highest BCUT2D eigenvalue weighted by molar-refractivity contribution is 5.98. The highest BCUT2D eigenvalue weighted by atomic mass is 16.2. The van der Waals surface area contributed by atoms with E-state index in [0.29, 0.717) is 6.54 Å². The predicted octanol–water partition coefficient (Wildman–Crippen LogP) is 5.00. The van der Waals surface area contributed by atoms with Crippen LogP contribution in [0.3, 0.4) is 0 Å². The van der Waals surface area contributed by atoms with Crippen molar-refractivity contribution in [3.8, 4) is 0 Å². The van der Waals surface area contributed by atoms with E-state index in [1.807, 2.05) is 91.5 Å². The summed E-state index contributed by atoms with van der Waals surface area (Å²) in [5, 5.41) is 3.11. The number of carbonyl (C=O) groups excluding carboxylic acids is 2. The number of hydrogen-bond donors (Lipinski definition) is 1. The predicted molar refractivity (Wildman–Crippen MR) is 124 cm³/mol. The quantitative estimate of drug-likeness (QED) is 0.641. The molecule has 0 saturated carbocycles. The van der Waals surface area contributed by atoms with Crippen molar-refractivity contribution in [3.05, 3.63) is 101 Å². The molecule has 1 aliphatic heterocycles. The van der Waals surface area contributed by atoms with Crippen molar-refractivity contribution in [2.45, 2.75) is 32.7 Å². The smallest absolute Gasteiger partial charge is 0.236 e. The van der Waals surface area contributed by atoms with Crippen molar-refractivity contribution in [3.63, 3.8) is 0 Å². The largest absolute Gasteiger partial charge is 0.338 e. The average molecular weight is 413 g/mol. The molecule has 0 aromatic heterocycles. The van der Waals surface area contributed by atoms with Gasteiger partial charge < -0.3 is 10.2 Å². The van der Waals surface area contributed by atoms with Crippen LogP contribution in [0.4, 0.5) is 5.69 Å². The van der Waals surface area contributed by atoms with Crippen LogP contribution in [0.15, 0.2) is 78.9 Å². The number of amides is 2. The third-order valence-electron chi connectivity index (χ3n) is 5.82. The van der Waals surface area contributed by atoms with Crippen LogP contribution in [0.25, 0.3) is 0 Å². The Kier molecular flexibility index (Phi) is 6.17. The third-order valence-corrected chi connectivity index (χ3v) is 5.82. The second-order valence-electron chi connectivity index (χ2n) is 8.39. The SMILES string of the molecule is CC(C)C(=O)N1CCc2ccc(NC(=O)C(c3ccccc3)c3ccccc3)cc2C1. The van der Waals surface area contributed by atoms with Crippen molar-refractivity contribution in [2.75, 3.05) is 11.9 Å². The fraction of sp³-hybridized carbons (Fsp3) is 0.259. The van der Waals surface area contributed by atoms with E-state index in [1.165, 1.54) is 5.56 Å². The molecule has 0 fully saturated rings. The van der Waals surface area contributed by atoms with E-state index < -0.39 is 5.92 Å². The second kappa shape index (κ2) is 9.17. The van der Waals surface area contributed by atoms with Gasteiger partial charge in [-0.1, -0.05) is 80.6 Å². The number of nitrogens with zero attached hydrogens (tertiary/aromatic N) is 1. The lowest BCUT2D eigenvalue weighted by Gasteiger charge is -2.30. The van der Waals surface area contributed by atoms with E-state index in [9.17, 15) is 9.59 Å². The lowest BCUT2D eigenvalue weighted by Crippen LogP contribution is -2.38. The van der Waals surface area contributed by atoms with Crippen LogP contribution in [-0.4, -0.2) is 23.3 Å². The van der Waals surface area contributed by atoms with Gasteiger partial charge in [-0.05, 0) is 40.8 Å². The topological polar surface area (TPSA) is 49.4 Å². The van der Waals surface area contributed by atoms with E-state index in [4.69, 9.17) is 0 Å². The van der Waals surface area contributed by atoms with E-state index >= 15 is 0 Å². The lowest BCUT2D eigenvalue weighted by atomic mass is 9.90. The number of carbonyl (C=O) groups is 2. The van der Waals surface area contributed by atoms with E-state index in [1.54, 1.807) is 0 Å². The van der Waals surface area contributed by atoms with Gasteiger partial charge in [0.25, 0.3) is 0 Å². The first-order chi connectivity index (χ1) is 15.0. The van der Waals surface area contributed by atoms with Gasteiger partial charge in [0.15, 0.2) is 0 Å². The van der Waals surface area contributed by atoms with E-state index in [-0.39, 0.29) is 17.7 Å². The molecule has 4 nitrogen and oxygen atoms in total. The Bertz CT molecular complexity index is 1020. The van der Waals surface area contributed by atoms with Crippen molar-refractivity contribution in [1.29, 1.82) is 0 Å². The summed E-state index contributed by atoms with van der Waals surface area (Å²) < 4.78 is 0. The van der Waals surface area contributed by atoms with Gasteiger partial charge in [0.2, 0.25) is 11.8 Å². The Morgan fingerprint density at radius 3 is 2.03 bits per heavy atom. The molecule has 0 unspecified atom stereocenters. The van der Waals surface area contributed by atoms with Crippen LogP contribution in [0.5, 0.6) is 0 Å². The van der Waals surface area contributed by atoms with Gasteiger partial charge in [0, 0.05) is 24.7 Å². The summed E-state index contributed by atoms with van der Waals surface area (Å²) in [5.41, 5.74) is 5.03. The normalized spacial score (nSPS) is 13.2. The van der Waals surface area contributed by atoms with Gasteiger partial charge in [0.1, 0.15) is 0 Å². The molecule has 3 aromatic carbocycles. The van der Waals surface area contributed by atoms with Gasteiger partial charge >= 0.3 is 0 Å². The Morgan fingerprint density at radius 2 is 1.45 bits per heavy atom. The third kappa shape index (κ3) is 4.69. The molecule has 0 bridgehead atoms. The number of nitrogens with one attached hydrogen (secondary N) is 1. The zero-order valence-electron chi connectivity index (χ0n) is 18.0. The number of rotatable bonds is 5. The van der Waals surface area contributed by atoms with Gasteiger partial charge in [-0.15, -0.1) is 0 Å². The van der Waals surface area contributed by atoms with Gasteiger partial charge in [0.05, 0.1) is 5.92 Å². The maximum absolute atomic E-state index is 13.4. The molecule has 1 heterocycles. The number of fused-ring (bicyclic) bond motifs is 1. The first-order valence-electron chi connectivity index (χ1n) is 10.8. The fourth-order valence-electron chi connectivity index (χ4n) is 4.19. The Balaban J connectivity index is 1.58. The van der Waals surface area contributed by atoms with E-state index in [2.05, 4.69) is 11.4 Å². The molecule has 1 aliphatic rings. The maximum atomic E-state index is 13.4. The van der Waals surface area contributed by atoms with Crippen molar-refractivity contribution < 1.29 is 9.59 Å². The van der Waals surface area contributed by atoms with Crippen LogP contribution in [0, 0.1) is 5.92 Å². The Labute approximate surface area is 183 Å². The molecule has 158 valence electrons. The summed E-state index contributed by atoms with van der Waals surface area (Å²) in [6.45, 7) is 5.21. The van der Waals surface area contributed by atoms with Crippen LogP contribution in [0.1, 0.15) is 42.0 Å². The fourth-order valence-corrected chi connectivity index (χ4v) is 4.19. The summed E-state index contributed by atoms with van der Waals surface area (Å²) >= 11 is 0. The number of anilines is 1. The van der Waals surface area contributed by atoms with Gasteiger partial charge in [-0.2, -0.15) is 0 Å². The van der Waals surface area contributed by atoms with Gasteiger partial charge in [-0.3, -0.25) is 9.59 Å². The summed E-state index contributed by atoms with van der Waals surface area (Å²) in [6.07, 6.45) is 0.846. The zero-order chi connectivity index (χ0) is 21.8. The highest BCUT2D eigenvalue weighted by Gasteiger charge is 2.25. The molecule has 31 heavy (non-hydrogen) atoms. The minimum absolute atomic E-state index is 0.0121. The summed E-state index contributed by atoms with van der Waals surface area (Å²) in [6, 6.07) is 25.7. The molecule has 1 N–H and O–H groups in total. The maximum Gasteiger partial charge on any atom is 0.236 e. The zero-order valence-corrected chi connectivity index (χ0v) is 18.0. The molecule has 4 rings (SSSR count). The molecule has 0 spiro atoms. The van der Waals surface area contributed by atoms with Crippen LogP contribution in [0.2, 0.25) is 0 Å². The summed E-state index contributed by atoms with van der Waals surface area (Å²) in [7, 11) is 0. The number of hydrogen-bond acceptors (Lipinski definition) is 2. The molecule has 3 aromatic rings. The average Bonchev–Trinajstić information content (AvgIpc) is 2.79. The molecule has 2 amide bonds. The van der Waals surface area contributed by atoms with Crippen LogP contribution >= 0.6 is 0 Å². The standard InChI is InChI=1S/C27H28N2O2/c1-19(2)27(31)29-16-15-20-13-14-24(17-23(20)18-29)28-26(30)25(21-9-5-3-6-10-21)22-11-7-4-8-12-22/h3-14,17,19,25H,15-16,18H2,1-2H3,(H,28,30). The van der Waals surface area contributed by atoms with E-state index in [0.717, 1.165) is 35.3 Å². The number of benzene rings is 3. The monoisotopic (exact) mass is 412 g/mol. The second-order valence-corrected chi connectivity index (χ2v) is 8.39. The molecule has 0 atom stereocenters. The Hall–Kier alpha value is -3.40. The summed E-state index contributed by atoms with van der Waals surface area (Å²) in [4.78, 5) is 27.7. The minimum atomic E-state index is -0.391. The highest BCUT2D eigenvalue weighted by Crippen LogP contribution is 2.28. The van der Waals surface area contributed by atoms with Crippen LogP contribution < -0.4 is 5.32 Å². The molecule has 0 radical (unpaired) electrons. The van der Waals surface area contributed by atoms with Crippen LogP contribution in [-0.2, 0) is 22.6 Å². The van der Waals surface area contributed by atoms with Gasteiger partial charge in [-0.25, -0.2) is 0 Å². The molecular formula is C27H28N2O2. The first kappa shape index (κ1) is 20.9. The van der Waals surface area contributed by atoms with Crippen molar-refractivity contribution in [2.24, 2.45) is 5.92 Å². The summed E-state index contributed by atoms with van der Waals surface area (Å²) in [5.74, 6) is -0.295.